The van der Waals surface area contributed by atoms with Crippen LogP contribution in [0.3, 0.4) is 0 Å². The van der Waals surface area contributed by atoms with Gasteiger partial charge in [0.05, 0.1) is 21.5 Å². The molecule has 0 N–H and O–H groups in total. The molecule has 0 aliphatic heterocycles. The number of benzene rings is 8. The summed E-state index contributed by atoms with van der Waals surface area (Å²) in [5.41, 5.74) is 11.0. The van der Waals surface area contributed by atoms with Crippen molar-refractivity contribution in [3.05, 3.63) is 210 Å². The zero-order chi connectivity index (χ0) is 32.4. The van der Waals surface area contributed by atoms with Crippen molar-refractivity contribution in [2.45, 2.75) is 5.41 Å². The Morgan fingerprint density at radius 1 is 0.408 bits per heavy atom. The number of hydrogen-bond acceptors (Lipinski definition) is 2. The third kappa shape index (κ3) is 4.05. The summed E-state index contributed by atoms with van der Waals surface area (Å²) in [5, 5.41) is 5.07. The summed E-state index contributed by atoms with van der Waals surface area (Å²) in [4.78, 5) is 2.45. The van der Waals surface area contributed by atoms with Gasteiger partial charge in [0.2, 0.25) is 0 Å². The van der Waals surface area contributed by atoms with Crippen LogP contribution in [0, 0.1) is 0 Å². The van der Waals surface area contributed by atoms with Crippen molar-refractivity contribution in [3.63, 3.8) is 0 Å². The van der Waals surface area contributed by atoms with Crippen LogP contribution in [-0.4, -0.2) is 0 Å². The van der Waals surface area contributed by atoms with Crippen LogP contribution in [0.2, 0.25) is 0 Å². The maximum absolute atomic E-state index is 2.45. The number of thiophene rings is 1. The molecule has 0 amide bonds. The molecule has 1 aliphatic carbocycles. The van der Waals surface area contributed by atoms with E-state index in [-0.39, 0.29) is 0 Å². The monoisotopic (exact) mass is 641 g/mol. The largest absolute Gasteiger partial charge is 0.308 e. The van der Waals surface area contributed by atoms with Crippen LogP contribution in [0.1, 0.15) is 22.3 Å². The molecule has 10 rings (SSSR count). The molecule has 8 aromatic carbocycles. The Morgan fingerprint density at radius 3 is 1.73 bits per heavy atom. The van der Waals surface area contributed by atoms with Crippen molar-refractivity contribution in [2.24, 2.45) is 0 Å². The number of hydrogen-bond donors (Lipinski definition) is 0. The highest BCUT2D eigenvalue weighted by atomic mass is 32.1. The minimum Gasteiger partial charge on any atom is -0.308 e. The lowest BCUT2D eigenvalue weighted by atomic mass is 9.66. The third-order valence-corrected chi connectivity index (χ3v) is 11.5. The molecule has 1 aromatic heterocycles. The highest BCUT2D eigenvalue weighted by Gasteiger charge is 2.47. The maximum atomic E-state index is 2.45. The Balaban J connectivity index is 1.31. The molecule has 1 heterocycles. The normalized spacial score (nSPS) is 13.1. The fraction of sp³-hybridized carbons (Fsp3) is 0.0213. The van der Waals surface area contributed by atoms with Gasteiger partial charge in [-0.25, -0.2) is 0 Å². The van der Waals surface area contributed by atoms with E-state index in [9.17, 15) is 0 Å². The van der Waals surface area contributed by atoms with Gasteiger partial charge in [-0.15, -0.1) is 11.3 Å². The van der Waals surface area contributed by atoms with Crippen LogP contribution in [-0.2, 0) is 5.41 Å². The van der Waals surface area contributed by atoms with Crippen molar-refractivity contribution < 1.29 is 0 Å². The van der Waals surface area contributed by atoms with Crippen LogP contribution in [0.4, 0.5) is 17.1 Å². The van der Waals surface area contributed by atoms with Gasteiger partial charge in [0.1, 0.15) is 0 Å². The molecule has 9 aromatic rings. The van der Waals surface area contributed by atoms with E-state index < -0.39 is 5.41 Å². The molecule has 0 bridgehead atoms. The number of anilines is 3. The maximum Gasteiger partial charge on any atom is 0.0720 e. The first-order valence-electron chi connectivity index (χ1n) is 16.9. The molecule has 230 valence electrons. The molecule has 0 radical (unpaired) electrons. The average molecular weight is 642 g/mol. The van der Waals surface area contributed by atoms with Gasteiger partial charge in [0, 0.05) is 26.5 Å². The lowest BCUT2D eigenvalue weighted by Gasteiger charge is -2.34. The summed E-state index contributed by atoms with van der Waals surface area (Å²) in [6.07, 6.45) is 0. The van der Waals surface area contributed by atoms with E-state index in [0.717, 1.165) is 5.69 Å². The SMILES string of the molecule is c1ccc(N(c2cccc3ccccc23)c2cccc3c2sc2cccc(C4(c5ccccc5)c5ccccc5-c5ccccc54)c23)cc1. The predicted octanol–water partition coefficient (Wildman–Crippen LogP) is 13.0. The van der Waals surface area contributed by atoms with E-state index in [2.05, 4.69) is 193 Å². The van der Waals surface area contributed by atoms with E-state index in [1.165, 1.54) is 75.7 Å². The third-order valence-electron chi connectivity index (χ3n) is 10.3. The summed E-state index contributed by atoms with van der Waals surface area (Å²) in [6.45, 7) is 0. The molecular formula is C47H31NS. The van der Waals surface area contributed by atoms with Gasteiger partial charge in [-0.1, -0.05) is 158 Å². The van der Waals surface area contributed by atoms with Gasteiger partial charge in [0.25, 0.3) is 0 Å². The van der Waals surface area contributed by atoms with Gasteiger partial charge < -0.3 is 4.90 Å². The van der Waals surface area contributed by atoms with Gasteiger partial charge >= 0.3 is 0 Å². The molecular weight excluding hydrogens is 611 g/mol. The Labute approximate surface area is 290 Å². The number of nitrogens with zero attached hydrogens (tertiary/aromatic N) is 1. The van der Waals surface area contributed by atoms with Crippen LogP contribution < -0.4 is 4.90 Å². The molecule has 1 nitrogen and oxygen atoms in total. The second kappa shape index (κ2) is 11.1. The Hall–Kier alpha value is -5.96. The summed E-state index contributed by atoms with van der Waals surface area (Å²) in [5.74, 6) is 0. The second-order valence-electron chi connectivity index (χ2n) is 12.8. The number of rotatable bonds is 5. The lowest BCUT2D eigenvalue weighted by Crippen LogP contribution is -2.28. The molecule has 0 unspecified atom stereocenters. The quantitative estimate of drug-likeness (QED) is 0.181. The fourth-order valence-electron chi connectivity index (χ4n) is 8.39. The minimum atomic E-state index is -0.466. The van der Waals surface area contributed by atoms with Gasteiger partial charge in [-0.05, 0) is 69.1 Å². The Bertz CT molecular complexity index is 2620. The molecule has 1 aliphatic rings. The van der Waals surface area contributed by atoms with Crippen molar-refractivity contribution in [3.8, 4) is 11.1 Å². The van der Waals surface area contributed by atoms with Crippen LogP contribution in [0.15, 0.2) is 188 Å². The fourth-order valence-corrected chi connectivity index (χ4v) is 9.62. The standard InChI is InChI=1S/C47H31NS/c1-3-18-33(19-4-1)47(39-26-11-9-23-36(39)37-24-10-12-27-40(37)47)41-28-15-31-44-45(41)38-25-14-30-43(46(38)49-44)48(34-20-5-2-6-21-34)42-29-13-17-32-16-7-8-22-35(32)42/h1-31H. The van der Waals surface area contributed by atoms with E-state index in [0.29, 0.717) is 0 Å². The van der Waals surface area contributed by atoms with Crippen molar-refractivity contribution in [1.29, 1.82) is 0 Å². The van der Waals surface area contributed by atoms with Gasteiger partial charge in [-0.3, -0.25) is 0 Å². The zero-order valence-electron chi connectivity index (χ0n) is 26.8. The van der Waals surface area contributed by atoms with Gasteiger partial charge in [-0.2, -0.15) is 0 Å². The van der Waals surface area contributed by atoms with Crippen LogP contribution in [0.25, 0.3) is 42.1 Å². The summed E-state index contributed by atoms with van der Waals surface area (Å²) >= 11 is 1.90. The molecule has 0 saturated heterocycles. The number of para-hydroxylation sites is 1. The topological polar surface area (TPSA) is 3.24 Å². The van der Waals surface area contributed by atoms with Crippen molar-refractivity contribution in [2.75, 3.05) is 4.90 Å². The lowest BCUT2D eigenvalue weighted by molar-refractivity contribution is 0.777. The molecule has 0 spiro atoms. The smallest absolute Gasteiger partial charge is 0.0720 e. The molecule has 2 heteroatoms. The summed E-state index contributed by atoms with van der Waals surface area (Å²) in [7, 11) is 0. The molecule has 0 atom stereocenters. The second-order valence-corrected chi connectivity index (χ2v) is 13.9. The van der Waals surface area contributed by atoms with Crippen LogP contribution in [0.5, 0.6) is 0 Å². The first-order chi connectivity index (χ1) is 24.3. The molecule has 49 heavy (non-hydrogen) atoms. The number of fused-ring (bicyclic) bond motifs is 7. The van der Waals surface area contributed by atoms with E-state index in [1.54, 1.807) is 0 Å². The average Bonchev–Trinajstić information content (AvgIpc) is 3.71. The first kappa shape index (κ1) is 28.1. The Morgan fingerprint density at radius 2 is 0.959 bits per heavy atom. The van der Waals surface area contributed by atoms with Crippen molar-refractivity contribution >= 4 is 59.3 Å². The molecule has 0 fully saturated rings. The summed E-state index contributed by atoms with van der Waals surface area (Å²) < 4.78 is 2.58. The van der Waals surface area contributed by atoms with Crippen LogP contribution >= 0.6 is 11.3 Å². The summed E-state index contributed by atoms with van der Waals surface area (Å²) in [6, 6.07) is 69.1. The van der Waals surface area contributed by atoms with Gasteiger partial charge in [0.15, 0.2) is 0 Å². The minimum absolute atomic E-state index is 0.466. The highest BCUT2D eigenvalue weighted by Crippen LogP contribution is 2.58. The first-order valence-corrected chi connectivity index (χ1v) is 17.7. The molecule has 0 saturated carbocycles. The predicted molar refractivity (Wildman–Crippen MR) is 209 cm³/mol. The highest BCUT2D eigenvalue weighted by molar-refractivity contribution is 7.26. The van der Waals surface area contributed by atoms with E-state index in [4.69, 9.17) is 0 Å². The van der Waals surface area contributed by atoms with E-state index in [1.807, 2.05) is 11.3 Å². The van der Waals surface area contributed by atoms with Crippen molar-refractivity contribution in [1.82, 2.24) is 0 Å². The van der Waals surface area contributed by atoms with E-state index >= 15 is 0 Å². The Kier molecular flexibility index (Phi) is 6.34. The zero-order valence-corrected chi connectivity index (χ0v) is 27.6.